The Balaban J connectivity index is 1.67. The largest absolute Gasteiger partial charge is 0.496 e. The monoisotopic (exact) mass is 387 g/mol. The summed E-state index contributed by atoms with van der Waals surface area (Å²) in [7, 11) is -2.02. The van der Waals surface area contributed by atoms with Gasteiger partial charge in [0, 0.05) is 13.0 Å². The SMILES string of the molecule is COc1ccccc1-c1noc(CCNS(=O)(=O)c2ccc(C)cc2C)n1. The van der Waals surface area contributed by atoms with Gasteiger partial charge in [-0.3, -0.25) is 0 Å². The van der Waals surface area contributed by atoms with Crippen molar-refractivity contribution in [1.29, 1.82) is 0 Å². The number of methoxy groups -OCH3 is 1. The number of aryl methyl sites for hydroxylation is 2. The van der Waals surface area contributed by atoms with Crippen molar-refractivity contribution < 1.29 is 17.7 Å². The van der Waals surface area contributed by atoms with Crippen molar-refractivity contribution in [2.75, 3.05) is 13.7 Å². The molecule has 0 amide bonds. The Morgan fingerprint density at radius 2 is 1.93 bits per heavy atom. The number of sulfonamides is 1. The van der Waals surface area contributed by atoms with Crippen LogP contribution >= 0.6 is 0 Å². The van der Waals surface area contributed by atoms with Crippen molar-refractivity contribution in [3.05, 3.63) is 59.5 Å². The Hall–Kier alpha value is -2.71. The molecule has 0 spiro atoms. The van der Waals surface area contributed by atoms with Crippen LogP contribution in [0.5, 0.6) is 5.75 Å². The van der Waals surface area contributed by atoms with E-state index >= 15 is 0 Å². The molecule has 1 aromatic heterocycles. The zero-order valence-electron chi connectivity index (χ0n) is 15.4. The number of nitrogens with zero attached hydrogens (tertiary/aromatic N) is 2. The zero-order chi connectivity index (χ0) is 19.4. The highest BCUT2D eigenvalue weighted by molar-refractivity contribution is 7.89. The molecular weight excluding hydrogens is 366 g/mol. The van der Waals surface area contributed by atoms with E-state index in [4.69, 9.17) is 9.26 Å². The summed E-state index contributed by atoms with van der Waals surface area (Å²) in [6.07, 6.45) is 0.284. The molecule has 0 aliphatic carbocycles. The third kappa shape index (κ3) is 4.35. The van der Waals surface area contributed by atoms with Crippen LogP contribution in [-0.4, -0.2) is 32.2 Å². The van der Waals surface area contributed by atoms with Crippen LogP contribution in [0, 0.1) is 13.8 Å². The second-order valence-electron chi connectivity index (χ2n) is 6.13. The van der Waals surface area contributed by atoms with Gasteiger partial charge in [0.15, 0.2) is 0 Å². The van der Waals surface area contributed by atoms with Crippen LogP contribution in [0.25, 0.3) is 11.4 Å². The van der Waals surface area contributed by atoms with Gasteiger partial charge in [-0.25, -0.2) is 13.1 Å². The molecule has 0 fully saturated rings. The molecule has 0 saturated carbocycles. The number of rotatable bonds is 7. The fourth-order valence-electron chi connectivity index (χ4n) is 2.77. The van der Waals surface area contributed by atoms with E-state index < -0.39 is 10.0 Å². The Morgan fingerprint density at radius 1 is 1.15 bits per heavy atom. The average Bonchev–Trinajstić information content (AvgIpc) is 3.10. The first-order valence-corrected chi connectivity index (χ1v) is 9.92. The molecular formula is C19H21N3O4S. The Bertz CT molecular complexity index is 1040. The van der Waals surface area contributed by atoms with Crippen molar-refractivity contribution in [3.63, 3.8) is 0 Å². The van der Waals surface area contributed by atoms with Gasteiger partial charge in [0.25, 0.3) is 0 Å². The van der Waals surface area contributed by atoms with Gasteiger partial charge >= 0.3 is 0 Å². The summed E-state index contributed by atoms with van der Waals surface area (Å²) < 4.78 is 38.0. The van der Waals surface area contributed by atoms with Gasteiger partial charge in [-0.2, -0.15) is 4.98 Å². The lowest BCUT2D eigenvalue weighted by molar-refractivity contribution is 0.378. The molecule has 0 radical (unpaired) electrons. The van der Waals surface area contributed by atoms with Crippen LogP contribution in [0.15, 0.2) is 51.9 Å². The maximum Gasteiger partial charge on any atom is 0.240 e. The maximum absolute atomic E-state index is 12.5. The van der Waals surface area contributed by atoms with Crippen LogP contribution in [0.2, 0.25) is 0 Å². The summed E-state index contributed by atoms with van der Waals surface area (Å²) in [6.45, 7) is 3.86. The molecule has 2 aromatic carbocycles. The third-order valence-electron chi connectivity index (χ3n) is 4.07. The number of hydrogen-bond acceptors (Lipinski definition) is 6. The summed E-state index contributed by atoms with van der Waals surface area (Å²) >= 11 is 0. The van der Waals surface area contributed by atoms with Gasteiger partial charge in [-0.1, -0.05) is 35.0 Å². The lowest BCUT2D eigenvalue weighted by atomic mass is 10.2. The summed E-state index contributed by atoms with van der Waals surface area (Å²) in [5, 5.41) is 3.95. The summed E-state index contributed by atoms with van der Waals surface area (Å²) in [5.74, 6) is 1.39. The molecule has 8 heteroatoms. The second kappa shape index (κ2) is 7.89. The lowest BCUT2D eigenvalue weighted by Crippen LogP contribution is -2.26. The number of ether oxygens (including phenoxy) is 1. The number of aromatic nitrogens is 2. The Kier molecular flexibility index (Phi) is 5.57. The fraction of sp³-hybridized carbons (Fsp3) is 0.263. The number of para-hydroxylation sites is 1. The van der Waals surface area contributed by atoms with Crippen molar-refractivity contribution in [2.45, 2.75) is 25.2 Å². The highest BCUT2D eigenvalue weighted by Gasteiger charge is 2.17. The molecule has 0 aliphatic heterocycles. The third-order valence-corrected chi connectivity index (χ3v) is 5.69. The maximum atomic E-state index is 12.5. The van der Waals surface area contributed by atoms with E-state index in [1.165, 1.54) is 0 Å². The minimum atomic E-state index is -3.59. The van der Waals surface area contributed by atoms with Gasteiger partial charge in [0.05, 0.1) is 17.6 Å². The van der Waals surface area contributed by atoms with Gasteiger partial charge in [-0.05, 0) is 37.6 Å². The van der Waals surface area contributed by atoms with E-state index in [0.717, 1.165) is 5.56 Å². The van der Waals surface area contributed by atoms with Crippen molar-refractivity contribution in [3.8, 4) is 17.1 Å². The molecule has 142 valence electrons. The molecule has 3 rings (SSSR count). The molecule has 3 aromatic rings. The predicted molar refractivity (Wildman–Crippen MR) is 101 cm³/mol. The second-order valence-corrected chi connectivity index (χ2v) is 7.86. The van der Waals surface area contributed by atoms with Crippen LogP contribution in [-0.2, 0) is 16.4 Å². The van der Waals surface area contributed by atoms with E-state index in [1.54, 1.807) is 26.2 Å². The molecule has 27 heavy (non-hydrogen) atoms. The first-order valence-electron chi connectivity index (χ1n) is 8.43. The van der Waals surface area contributed by atoms with Gasteiger partial charge < -0.3 is 9.26 Å². The molecule has 0 atom stereocenters. The zero-order valence-corrected chi connectivity index (χ0v) is 16.2. The Labute approximate surface area is 158 Å². The molecule has 0 unspecified atom stereocenters. The van der Waals surface area contributed by atoms with Crippen LogP contribution in [0.1, 0.15) is 17.0 Å². The van der Waals surface area contributed by atoms with Crippen LogP contribution in [0.4, 0.5) is 0 Å². The predicted octanol–water partition coefficient (Wildman–Crippen LogP) is 2.88. The molecule has 0 bridgehead atoms. The molecule has 0 aliphatic rings. The van der Waals surface area contributed by atoms with Gasteiger partial charge in [-0.15, -0.1) is 0 Å². The van der Waals surface area contributed by atoms with Crippen LogP contribution in [0.3, 0.4) is 0 Å². The topological polar surface area (TPSA) is 94.3 Å². The quantitative estimate of drug-likeness (QED) is 0.670. The van der Waals surface area contributed by atoms with Crippen LogP contribution < -0.4 is 9.46 Å². The van der Waals surface area contributed by atoms with Gasteiger partial charge in [0.2, 0.25) is 21.7 Å². The molecule has 0 saturated heterocycles. The molecule has 1 heterocycles. The lowest BCUT2D eigenvalue weighted by Gasteiger charge is -2.09. The molecule has 1 N–H and O–H groups in total. The summed E-state index contributed by atoms with van der Waals surface area (Å²) in [4.78, 5) is 4.59. The summed E-state index contributed by atoms with van der Waals surface area (Å²) in [6, 6.07) is 12.6. The normalized spacial score (nSPS) is 11.5. The average molecular weight is 387 g/mol. The first-order chi connectivity index (χ1) is 12.9. The first kappa shape index (κ1) is 19.1. The number of hydrogen-bond donors (Lipinski definition) is 1. The van der Waals surface area contributed by atoms with E-state index in [2.05, 4.69) is 14.9 Å². The minimum Gasteiger partial charge on any atom is -0.496 e. The highest BCUT2D eigenvalue weighted by atomic mass is 32.2. The summed E-state index contributed by atoms with van der Waals surface area (Å²) in [5.41, 5.74) is 2.44. The smallest absolute Gasteiger partial charge is 0.240 e. The van der Waals surface area contributed by atoms with E-state index in [-0.39, 0.29) is 17.9 Å². The van der Waals surface area contributed by atoms with Crippen molar-refractivity contribution >= 4 is 10.0 Å². The standard InChI is InChI=1S/C19H21N3O4S/c1-13-8-9-17(14(2)12-13)27(23,24)20-11-10-18-21-19(22-26-18)15-6-4-5-7-16(15)25-3/h4-9,12,20H,10-11H2,1-3H3. The van der Waals surface area contributed by atoms with Gasteiger partial charge in [0.1, 0.15) is 5.75 Å². The van der Waals surface area contributed by atoms with Crippen molar-refractivity contribution in [2.24, 2.45) is 0 Å². The van der Waals surface area contributed by atoms with Crippen molar-refractivity contribution in [1.82, 2.24) is 14.9 Å². The number of nitrogens with one attached hydrogen (secondary N) is 1. The van der Waals surface area contributed by atoms with E-state index in [9.17, 15) is 8.42 Å². The highest BCUT2D eigenvalue weighted by Crippen LogP contribution is 2.27. The van der Waals surface area contributed by atoms with E-state index in [1.807, 2.05) is 37.3 Å². The van der Waals surface area contributed by atoms with E-state index in [0.29, 0.717) is 28.6 Å². The fourth-order valence-corrected chi connectivity index (χ4v) is 4.02. The number of benzene rings is 2. The molecule has 7 nitrogen and oxygen atoms in total. The Morgan fingerprint density at radius 3 is 2.67 bits per heavy atom. The minimum absolute atomic E-state index is 0.156.